The average molecular weight is 635 g/mol. The van der Waals surface area contributed by atoms with E-state index < -0.39 is 7.25 Å². The Labute approximate surface area is 265 Å². The highest BCUT2D eigenvalue weighted by atomic mass is 35.5. The normalized spacial score (nSPS) is 14.8. The van der Waals surface area contributed by atoms with E-state index in [1.807, 2.05) is 24.3 Å². The Balaban J connectivity index is 0.00000125. The van der Waals surface area contributed by atoms with Crippen LogP contribution in [0.1, 0.15) is 58.1 Å². The first-order chi connectivity index (χ1) is 21.0. The van der Waals surface area contributed by atoms with E-state index in [9.17, 15) is 17.3 Å². The molecular weight excluding hydrogens is 591 g/mol. The fourth-order valence-electron chi connectivity index (χ4n) is 4.99. The Morgan fingerprint density at radius 2 is 1.34 bits per heavy atom. The molecule has 0 bridgehead atoms. The minimum Gasteiger partial charge on any atom is -0.497 e. The molecule has 0 aromatic heterocycles. The lowest BCUT2D eigenvalue weighted by molar-refractivity contribution is -0.519. The molecule has 0 N–H and O–H groups in total. The van der Waals surface area contributed by atoms with E-state index >= 15 is 0 Å². The van der Waals surface area contributed by atoms with Crippen LogP contribution in [0.25, 0.3) is 5.70 Å². The van der Waals surface area contributed by atoms with Crippen LogP contribution in [0.3, 0.4) is 0 Å². The van der Waals surface area contributed by atoms with Gasteiger partial charge >= 0.3 is 7.25 Å². The van der Waals surface area contributed by atoms with E-state index in [0.717, 1.165) is 62.0 Å². The lowest BCUT2D eigenvalue weighted by Crippen LogP contribution is -2.21. The molecule has 44 heavy (non-hydrogen) atoms. The minimum absolute atomic E-state index is 0.862. The van der Waals surface area contributed by atoms with Crippen LogP contribution in [-0.4, -0.2) is 62.8 Å². The molecule has 0 unspecified atom stereocenters. The Hall–Kier alpha value is -3.46. The Kier molecular flexibility index (Phi) is 15.3. The molecule has 0 fully saturated rings. The van der Waals surface area contributed by atoms with Gasteiger partial charge < -0.3 is 31.6 Å². The predicted octanol–water partition coefficient (Wildman–Crippen LogP) is 9.39. The van der Waals surface area contributed by atoms with Crippen LogP contribution in [0.2, 0.25) is 0 Å². The van der Waals surface area contributed by atoms with Crippen LogP contribution >= 0.6 is 11.6 Å². The number of hydrogen-bond acceptors (Lipinski definition) is 3. The largest absolute Gasteiger partial charge is 0.673 e. The van der Waals surface area contributed by atoms with Gasteiger partial charge in [0.1, 0.15) is 24.6 Å². The second-order valence-electron chi connectivity index (χ2n) is 9.95. The first-order valence-corrected chi connectivity index (χ1v) is 15.4. The second kappa shape index (κ2) is 18.4. The van der Waals surface area contributed by atoms with Crippen LogP contribution in [0.5, 0.6) is 11.5 Å². The highest BCUT2D eigenvalue weighted by Gasteiger charge is 2.20. The van der Waals surface area contributed by atoms with Crippen molar-refractivity contribution in [1.82, 2.24) is 4.90 Å². The van der Waals surface area contributed by atoms with Crippen molar-refractivity contribution in [2.24, 2.45) is 0 Å². The van der Waals surface area contributed by atoms with Gasteiger partial charge in [-0.2, -0.15) is 0 Å². The summed E-state index contributed by atoms with van der Waals surface area (Å²) in [7, 11) is -2.60. The van der Waals surface area contributed by atoms with Crippen LogP contribution in [0.15, 0.2) is 89.0 Å². The topological polar surface area (TPSA) is 24.7 Å². The van der Waals surface area contributed by atoms with Crippen molar-refractivity contribution in [2.75, 3.05) is 40.4 Å². The molecule has 4 nitrogen and oxygen atoms in total. The highest BCUT2D eigenvalue weighted by Crippen LogP contribution is 2.34. The monoisotopic (exact) mass is 634 g/mol. The Bertz CT molecular complexity index is 1330. The molecule has 0 aliphatic heterocycles. The summed E-state index contributed by atoms with van der Waals surface area (Å²) in [6, 6.07) is 16.6. The summed E-state index contributed by atoms with van der Waals surface area (Å²) >= 11 is 7.04. The lowest BCUT2D eigenvalue weighted by atomic mass is 9.93. The summed E-state index contributed by atoms with van der Waals surface area (Å²) in [5, 5.41) is 0.871. The van der Waals surface area contributed by atoms with Crippen LogP contribution in [0.4, 0.5) is 17.3 Å². The molecule has 1 aliphatic carbocycles. The van der Waals surface area contributed by atoms with E-state index in [1.54, 1.807) is 14.2 Å². The molecule has 2 aromatic rings. The van der Waals surface area contributed by atoms with Crippen LogP contribution < -0.4 is 9.47 Å². The van der Waals surface area contributed by atoms with E-state index in [-0.39, 0.29) is 0 Å². The molecule has 0 radical (unpaired) electrons. The first-order valence-electron chi connectivity index (χ1n) is 15.0. The number of rotatable bonds is 12. The maximum Gasteiger partial charge on any atom is 0.673 e. The van der Waals surface area contributed by atoms with Crippen LogP contribution in [-0.2, 0) is 0 Å². The fraction of sp³-hybridized carbons (Fsp3) is 0.382. The molecule has 0 atom stereocenters. The van der Waals surface area contributed by atoms with E-state index in [2.05, 4.69) is 85.7 Å². The third-order valence-corrected chi connectivity index (χ3v) is 7.81. The number of methoxy groups -OCH3 is 2. The highest BCUT2D eigenvalue weighted by molar-refractivity contribution is 6.50. The number of ether oxygens (including phenoxy) is 2. The molecule has 0 amide bonds. The summed E-state index contributed by atoms with van der Waals surface area (Å²) < 4.78 is 52.1. The molecule has 0 saturated carbocycles. The molecule has 3 rings (SSSR count). The third kappa shape index (κ3) is 11.6. The van der Waals surface area contributed by atoms with Crippen molar-refractivity contribution in [3.63, 3.8) is 0 Å². The number of hydrogen-bond donors (Lipinski definition) is 0. The van der Waals surface area contributed by atoms with Crippen molar-refractivity contribution < 1.29 is 31.3 Å². The minimum atomic E-state index is -6.00. The van der Waals surface area contributed by atoms with Gasteiger partial charge in [0.15, 0.2) is 0 Å². The number of allylic oxidation sites excluding steroid dienone is 7. The number of halogens is 5. The summed E-state index contributed by atoms with van der Waals surface area (Å²) in [6.07, 6.45) is 11.9. The molecule has 10 heteroatoms. The molecular formula is C34H44BClF4N2O2. The summed E-state index contributed by atoms with van der Waals surface area (Å²) in [4.78, 5) is 2.38. The maximum absolute atomic E-state index is 9.75. The van der Waals surface area contributed by atoms with Gasteiger partial charge in [-0.1, -0.05) is 23.8 Å². The number of benzene rings is 2. The zero-order valence-corrected chi connectivity index (χ0v) is 27.3. The van der Waals surface area contributed by atoms with Crippen molar-refractivity contribution >= 4 is 30.3 Å². The van der Waals surface area contributed by atoms with Crippen LogP contribution in [0, 0.1) is 0 Å². The average Bonchev–Trinajstić information content (AvgIpc) is 3.02. The summed E-state index contributed by atoms with van der Waals surface area (Å²) in [6.45, 7) is 12.5. The van der Waals surface area contributed by atoms with E-state index in [4.69, 9.17) is 21.1 Å². The molecule has 1 aliphatic rings. The van der Waals surface area contributed by atoms with Gasteiger partial charge in [0.05, 0.1) is 14.2 Å². The van der Waals surface area contributed by atoms with Crippen molar-refractivity contribution in [2.45, 2.75) is 47.0 Å². The molecule has 0 heterocycles. The Morgan fingerprint density at radius 1 is 0.841 bits per heavy atom. The third-order valence-electron chi connectivity index (χ3n) is 7.32. The van der Waals surface area contributed by atoms with Gasteiger partial charge in [0.2, 0.25) is 5.71 Å². The fourth-order valence-corrected chi connectivity index (χ4v) is 5.30. The summed E-state index contributed by atoms with van der Waals surface area (Å²) in [5.41, 5.74) is 7.11. The standard InChI is InChI=1S/C34H44ClN2O2.BF4/c1-7-36(8-2)32(26-14-20-30(38-5)21-15-26)24-18-28-12-11-13-29(34(28)35)19-25-33(37(9-3)10-4)27-16-22-31(39-6)23-17-27;2-1(3,4)5/h14-25H,7-13H2,1-6H3;/q+1;-1. The van der Waals surface area contributed by atoms with Gasteiger partial charge in [-0.05, 0) is 118 Å². The zero-order valence-electron chi connectivity index (χ0n) is 26.6. The van der Waals surface area contributed by atoms with Gasteiger partial charge in [0.25, 0.3) is 0 Å². The van der Waals surface area contributed by atoms with Gasteiger partial charge in [-0.25, -0.2) is 4.58 Å². The second-order valence-corrected chi connectivity index (χ2v) is 10.3. The van der Waals surface area contributed by atoms with Gasteiger partial charge in [-0.3, -0.25) is 0 Å². The first kappa shape index (κ1) is 36.7. The molecule has 0 spiro atoms. The maximum atomic E-state index is 9.75. The van der Waals surface area contributed by atoms with E-state index in [1.165, 1.54) is 33.7 Å². The predicted molar refractivity (Wildman–Crippen MR) is 176 cm³/mol. The molecule has 0 saturated heterocycles. The van der Waals surface area contributed by atoms with Crippen molar-refractivity contribution in [1.29, 1.82) is 0 Å². The van der Waals surface area contributed by atoms with Crippen molar-refractivity contribution in [3.05, 3.63) is 100 Å². The van der Waals surface area contributed by atoms with Crippen molar-refractivity contribution in [3.8, 4) is 11.5 Å². The number of nitrogens with zero attached hydrogens (tertiary/aromatic N) is 2. The Morgan fingerprint density at radius 3 is 1.80 bits per heavy atom. The molecule has 240 valence electrons. The quantitative estimate of drug-likeness (QED) is 0.101. The zero-order chi connectivity index (χ0) is 32.7. The van der Waals surface area contributed by atoms with Gasteiger partial charge in [-0.15, -0.1) is 0 Å². The summed E-state index contributed by atoms with van der Waals surface area (Å²) in [5.74, 6) is 1.72. The van der Waals surface area contributed by atoms with E-state index in [0.29, 0.717) is 0 Å². The lowest BCUT2D eigenvalue weighted by Gasteiger charge is -2.25. The smallest absolute Gasteiger partial charge is 0.497 e. The SMILES string of the molecule is CCN(CC)/C(=C/C=C1\CCCC(/C=C/C(c2ccc(OC)cc2)=[N+](CC)CC)=C1Cl)c1ccc(OC)cc1.F[B-](F)(F)F. The van der Waals surface area contributed by atoms with Gasteiger partial charge in [0, 0.05) is 35.5 Å². The molecule has 2 aromatic carbocycles.